The Labute approximate surface area is 130 Å². The highest BCUT2D eigenvalue weighted by Gasteiger charge is 2.64. The largest absolute Gasteiger partial charge is 0.481 e. The summed E-state index contributed by atoms with van der Waals surface area (Å²) in [4.78, 5) is 24.0. The number of carboxylic acid groups (broad SMARTS) is 1. The Bertz CT molecular complexity index is 614. The molecule has 1 unspecified atom stereocenters. The van der Waals surface area contributed by atoms with Crippen molar-refractivity contribution in [2.75, 3.05) is 13.1 Å². The third-order valence-electron chi connectivity index (χ3n) is 3.62. The predicted octanol–water partition coefficient (Wildman–Crippen LogP) is 3.07. The number of halogens is 5. The Morgan fingerprint density at radius 1 is 1.27 bits per heavy atom. The maximum absolute atomic E-state index is 13.3. The minimum atomic E-state index is -4.98. The van der Waals surface area contributed by atoms with Crippen LogP contribution < -0.4 is 0 Å². The summed E-state index contributed by atoms with van der Waals surface area (Å²) >= 11 is 2.98. The van der Waals surface area contributed by atoms with Crippen LogP contribution in [0.5, 0.6) is 0 Å². The van der Waals surface area contributed by atoms with Gasteiger partial charge in [0.1, 0.15) is 5.82 Å². The number of rotatable bonds is 2. The van der Waals surface area contributed by atoms with Crippen LogP contribution in [0.1, 0.15) is 16.8 Å². The number of aliphatic carboxylic acids is 1. The normalized spacial score (nSPS) is 22.0. The molecule has 0 saturated carbocycles. The van der Waals surface area contributed by atoms with Crippen molar-refractivity contribution in [3.8, 4) is 0 Å². The van der Waals surface area contributed by atoms with Crippen LogP contribution in [0.25, 0.3) is 0 Å². The van der Waals surface area contributed by atoms with Crippen LogP contribution in [0.4, 0.5) is 17.6 Å². The summed E-state index contributed by atoms with van der Waals surface area (Å²) in [5, 5.41) is 8.93. The minimum Gasteiger partial charge on any atom is -0.481 e. The number of amides is 1. The molecule has 1 fully saturated rings. The average Bonchev–Trinajstić information content (AvgIpc) is 2.82. The van der Waals surface area contributed by atoms with Crippen LogP contribution in [0, 0.1) is 11.2 Å². The molecule has 1 aliphatic rings. The molecule has 0 spiro atoms. The van der Waals surface area contributed by atoms with Crippen molar-refractivity contribution in [2.24, 2.45) is 5.41 Å². The van der Waals surface area contributed by atoms with Crippen LogP contribution in [-0.2, 0) is 4.79 Å². The summed E-state index contributed by atoms with van der Waals surface area (Å²) in [5.41, 5.74) is -3.12. The van der Waals surface area contributed by atoms with E-state index in [1.807, 2.05) is 0 Å². The molecule has 1 heterocycles. The smallest absolute Gasteiger partial charge is 0.406 e. The fraction of sp³-hybridized carbons (Fsp3) is 0.385. The van der Waals surface area contributed by atoms with E-state index in [0.29, 0.717) is 0 Å². The molecule has 0 aliphatic carbocycles. The molecule has 1 aromatic rings. The zero-order valence-corrected chi connectivity index (χ0v) is 12.5. The SMILES string of the molecule is O=C(c1cc(F)cc(Br)c1)N1CCC(C(=O)O)(C(F)(F)F)C1. The molecule has 1 amide bonds. The summed E-state index contributed by atoms with van der Waals surface area (Å²) in [6.45, 7) is -1.35. The first kappa shape index (κ1) is 16.7. The van der Waals surface area contributed by atoms with Crippen molar-refractivity contribution < 1.29 is 32.3 Å². The molecule has 0 bridgehead atoms. The molecule has 1 aromatic carbocycles. The van der Waals surface area contributed by atoms with Gasteiger partial charge in [-0.25, -0.2) is 4.39 Å². The highest BCUT2D eigenvalue weighted by Crippen LogP contribution is 2.46. The monoisotopic (exact) mass is 383 g/mol. The number of carboxylic acids is 1. The maximum Gasteiger partial charge on any atom is 0.406 e. The van der Waals surface area contributed by atoms with Crippen LogP contribution in [-0.4, -0.2) is 41.1 Å². The van der Waals surface area contributed by atoms with E-state index in [9.17, 15) is 27.2 Å². The van der Waals surface area contributed by atoms with E-state index >= 15 is 0 Å². The second-order valence-electron chi connectivity index (χ2n) is 5.02. The zero-order chi connectivity index (χ0) is 16.7. The lowest BCUT2D eigenvalue weighted by molar-refractivity contribution is -0.227. The van der Waals surface area contributed by atoms with Gasteiger partial charge in [0.15, 0.2) is 5.41 Å². The number of likely N-dealkylation sites (tertiary alicyclic amines) is 1. The predicted molar refractivity (Wildman–Crippen MR) is 70.7 cm³/mol. The lowest BCUT2D eigenvalue weighted by Crippen LogP contribution is -2.47. The average molecular weight is 384 g/mol. The van der Waals surface area contributed by atoms with Crippen molar-refractivity contribution in [1.29, 1.82) is 0 Å². The number of hydrogen-bond acceptors (Lipinski definition) is 2. The van der Waals surface area contributed by atoms with Crippen LogP contribution >= 0.6 is 15.9 Å². The summed E-state index contributed by atoms with van der Waals surface area (Å²) in [7, 11) is 0. The Balaban J connectivity index is 2.29. The van der Waals surface area contributed by atoms with Crippen molar-refractivity contribution in [2.45, 2.75) is 12.6 Å². The number of nitrogens with zero attached hydrogens (tertiary/aromatic N) is 1. The number of benzene rings is 1. The molecular weight excluding hydrogens is 374 g/mol. The number of alkyl halides is 3. The van der Waals surface area contributed by atoms with Gasteiger partial charge in [0, 0.05) is 23.1 Å². The highest BCUT2D eigenvalue weighted by atomic mass is 79.9. The van der Waals surface area contributed by atoms with E-state index in [2.05, 4.69) is 15.9 Å². The molecule has 4 nitrogen and oxygen atoms in total. The van der Waals surface area contributed by atoms with Crippen LogP contribution in [0.3, 0.4) is 0 Å². The third kappa shape index (κ3) is 2.81. The lowest BCUT2D eigenvalue weighted by atomic mass is 9.86. The van der Waals surface area contributed by atoms with Gasteiger partial charge < -0.3 is 10.0 Å². The Morgan fingerprint density at radius 2 is 1.91 bits per heavy atom. The molecule has 2 rings (SSSR count). The molecule has 1 saturated heterocycles. The summed E-state index contributed by atoms with van der Waals surface area (Å²) in [6.07, 6.45) is -5.70. The summed E-state index contributed by atoms with van der Waals surface area (Å²) in [6, 6.07) is 3.25. The van der Waals surface area contributed by atoms with Gasteiger partial charge in [-0.2, -0.15) is 13.2 Å². The Morgan fingerprint density at radius 3 is 2.36 bits per heavy atom. The molecule has 0 aromatic heterocycles. The van der Waals surface area contributed by atoms with Crippen molar-refractivity contribution >= 4 is 27.8 Å². The molecule has 120 valence electrons. The third-order valence-corrected chi connectivity index (χ3v) is 4.08. The van der Waals surface area contributed by atoms with E-state index in [0.717, 1.165) is 17.0 Å². The van der Waals surface area contributed by atoms with E-state index in [1.54, 1.807) is 0 Å². The first-order valence-electron chi connectivity index (χ1n) is 6.12. The van der Waals surface area contributed by atoms with Gasteiger partial charge in [0.25, 0.3) is 5.91 Å². The quantitative estimate of drug-likeness (QED) is 0.798. The van der Waals surface area contributed by atoms with Gasteiger partial charge in [0.05, 0.1) is 0 Å². The van der Waals surface area contributed by atoms with E-state index < -0.39 is 42.3 Å². The van der Waals surface area contributed by atoms with Gasteiger partial charge in [-0.05, 0) is 24.6 Å². The Kier molecular flexibility index (Phi) is 4.20. The number of carbonyl (C=O) groups excluding carboxylic acids is 1. The van der Waals surface area contributed by atoms with Gasteiger partial charge in [-0.1, -0.05) is 15.9 Å². The fourth-order valence-corrected chi connectivity index (χ4v) is 2.84. The molecule has 9 heteroatoms. The standard InChI is InChI=1S/C13H10BrF4NO3/c14-8-3-7(4-9(15)5-8)10(20)19-2-1-12(6-19,11(21)22)13(16,17)18/h3-5H,1-2,6H2,(H,21,22). The lowest BCUT2D eigenvalue weighted by Gasteiger charge is -2.27. The first-order valence-corrected chi connectivity index (χ1v) is 6.91. The van der Waals surface area contributed by atoms with E-state index in [-0.39, 0.29) is 16.6 Å². The number of carbonyl (C=O) groups is 2. The zero-order valence-electron chi connectivity index (χ0n) is 11.0. The van der Waals surface area contributed by atoms with Crippen molar-refractivity contribution in [3.05, 3.63) is 34.1 Å². The molecule has 1 atom stereocenters. The van der Waals surface area contributed by atoms with Crippen molar-refractivity contribution in [1.82, 2.24) is 4.90 Å². The van der Waals surface area contributed by atoms with Gasteiger partial charge in [-0.3, -0.25) is 9.59 Å². The molecule has 1 aliphatic heterocycles. The van der Waals surface area contributed by atoms with Crippen LogP contribution in [0.2, 0.25) is 0 Å². The van der Waals surface area contributed by atoms with Gasteiger partial charge in [0.2, 0.25) is 0 Å². The van der Waals surface area contributed by atoms with Crippen LogP contribution in [0.15, 0.2) is 22.7 Å². The van der Waals surface area contributed by atoms with E-state index in [1.165, 1.54) is 6.07 Å². The van der Waals surface area contributed by atoms with Gasteiger partial charge in [-0.15, -0.1) is 0 Å². The second-order valence-corrected chi connectivity index (χ2v) is 5.94. The minimum absolute atomic E-state index is 0.143. The molecule has 0 radical (unpaired) electrons. The van der Waals surface area contributed by atoms with Crippen molar-refractivity contribution in [3.63, 3.8) is 0 Å². The highest BCUT2D eigenvalue weighted by molar-refractivity contribution is 9.10. The summed E-state index contributed by atoms with van der Waals surface area (Å²) < 4.78 is 52.7. The second kappa shape index (κ2) is 5.53. The topological polar surface area (TPSA) is 57.6 Å². The number of hydrogen-bond donors (Lipinski definition) is 1. The Hall–Kier alpha value is -1.64. The van der Waals surface area contributed by atoms with Gasteiger partial charge >= 0.3 is 12.1 Å². The maximum atomic E-state index is 13.3. The molecule has 1 N–H and O–H groups in total. The molecule has 22 heavy (non-hydrogen) atoms. The first-order chi connectivity index (χ1) is 10.1. The fourth-order valence-electron chi connectivity index (χ4n) is 2.37. The van der Waals surface area contributed by atoms with E-state index in [4.69, 9.17) is 5.11 Å². The molecular formula is C13H10BrF4NO3. The summed E-state index contributed by atoms with van der Waals surface area (Å²) in [5.74, 6) is -3.58.